The number of rotatable bonds is 3. The molecule has 64 valence electrons. The van der Waals surface area contributed by atoms with Gasteiger partial charge in [0, 0.05) is 11.6 Å². The van der Waals surface area contributed by atoms with Crippen LogP contribution in [0, 0.1) is 5.92 Å². The maximum atomic E-state index is 10.8. The molecule has 1 aromatic heterocycles. The first kappa shape index (κ1) is 7.73. The number of carbonyl (C=O) groups is 1. The predicted molar refractivity (Wildman–Crippen MR) is 45.2 cm³/mol. The number of hydrogen-bond donors (Lipinski definition) is 1. The van der Waals surface area contributed by atoms with Gasteiger partial charge in [-0.25, -0.2) is 4.98 Å². The molecule has 0 radical (unpaired) electrons. The van der Waals surface area contributed by atoms with Crippen LogP contribution in [0.25, 0.3) is 0 Å². The molecule has 0 aliphatic heterocycles. The third kappa shape index (κ3) is 1.34. The maximum Gasteiger partial charge on any atom is 0.313 e. The van der Waals surface area contributed by atoms with Crippen LogP contribution in [0.2, 0.25) is 0 Å². The molecule has 3 nitrogen and oxygen atoms in total. The molecule has 0 saturated heterocycles. The molecule has 1 aliphatic rings. The molecular weight excluding hydrogens is 174 g/mol. The fourth-order valence-corrected chi connectivity index (χ4v) is 2.15. The van der Waals surface area contributed by atoms with Crippen LogP contribution in [0.15, 0.2) is 11.6 Å². The number of aliphatic carboxylic acids is 1. The SMILES string of the molecule is O=C(O)C(c1nccs1)C1CC1. The first-order valence-electron chi connectivity index (χ1n) is 3.91. The molecule has 0 spiro atoms. The first-order chi connectivity index (χ1) is 5.79. The fourth-order valence-electron chi connectivity index (χ4n) is 1.33. The van der Waals surface area contributed by atoms with Crippen molar-refractivity contribution in [1.82, 2.24) is 4.98 Å². The summed E-state index contributed by atoms with van der Waals surface area (Å²) in [5.74, 6) is -0.730. The minimum absolute atomic E-state index is 0.341. The largest absolute Gasteiger partial charge is 0.481 e. The maximum absolute atomic E-state index is 10.8. The van der Waals surface area contributed by atoms with Gasteiger partial charge < -0.3 is 5.11 Å². The van der Waals surface area contributed by atoms with Crippen LogP contribution in [-0.4, -0.2) is 16.1 Å². The van der Waals surface area contributed by atoms with E-state index in [9.17, 15) is 4.79 Å². The lowest BCUT2D eigenvalue weighted by Crippen LogP contribution is -2.13. The van der Waals surface area contributed by atoms with Crippen molar-refractivity contribution in [2.45, 2.75) is 18.8 Å². The number of nitrogens with zero attached hydrogens (tertiary/aromatic N) is 1. The van der Waals surface area contributed by atoms with Gasteiger partial charge in [-0.3, -0.25) is 4.79 Å². The lowest BCUT2D eigenvalue weighted by Gasteiger charge is -2.05. The van der Waals surface area contributed by atoms with E-state index in [4.69, 9.17) is 5.11 Å². The van der Waals surface area contributed by atoms with E-state index >= 15 is 0 Å². The van der Waals surface area contributed by atoms with Crippen molar-refractivity contribution in [1.29, 1.82) is 0 Å². The molecule has 1 N–H and O–H groups in total. The number of hydrogen-bond acceptors (Lipinski definition) is 3. The average Bonchev–Trinajstić information content (AvgIpc) is 2.65. The van der Waals surface area contributed by atoms with Gasteiger partial charge in [0.25, 0.3) is 0 Å². The van der Waals surface area contributed by atoms with Gasteiger partial charge in [0.15, 0.2) is 0 Å². The van der Waals surface area contributed by atoms with Crippen molar-refractivity contribution in [3.05, 3.63) is 16.6 Å². The molecule has 1 fully saturated rings. The minimum atomic E-state index is -0.729. The third-order valence-electron chi connectivity index (χ3n) is 2.08. The standard InChI is InChI=1S/C8H9NO2S/c10-8(11)6(5-1-2-5)7-9-3-4-12-7/h3-6H,1-2H2,(H,10,11). The molecule has 2 rings (SSSR count). The topological polar surface area (TPSA) is 50.2 Å². The average molecular weight is 183 g/mol. The van der Waals surface area contributed by atoms with Gasteiger partial charge in [-0.2, -0.15) is 0 Å². The molecule has 12 heavy (non-hydrogen) atoms. The fraction of sp³-hybridized carbons (Fsp3) is 0.500. The Kier molecular flexibility index (Phi) is 1.84. The molecule has 0 aromatic carbocycles. The Hall–Kier alpha value is -0.900. The van der Waals surface area contributed by atoms with Crippen molar-refractivity contribution in [2.75, 3.05) is 0 Å². The highest BCUT2D eigenvalue weighted by molar-refractivity contribution is 7.09. The van der Waals surface area contributed by atoms with E-state index in [1.54, 1.807) is 6.20 Å². The Morgan fingerprint density at radius 1 is 1.75 bits per heavy atom. The highest BCUT2D eigenvalue weighted by Gasteiger charge is 2.38. The van der Waals surface area contributed by atoms with E-state index in [2.05, 4.69) is 4.98 Å². The van der Waals surface area contributed by atoms with Crippen molar-refractivity contribution in [3.8, 4) is 0 Å². The minimum Gasteiger partial charge on any atom is -0.481 e. The summed E-state index contributed by atoms with van der Waals surface area (Å²) in [4.78, 5) is 14.9. The Morgan fingerprint density at radius 2 is 2.50 bits per heavy atom. The summed E-state index contributed by atoms with van der Waals surface area (Å²) in [5, 5.41) is 11.5. The molecule has 1 atom stereocenters. The van der Waals surface area contributed by atoms with Crippen LogP contribution in [-0.2, 0) is 4.79 Å². The van der Waals surface area contributed by atoms with E-state index < -0.39 is 5.97 Å². The number of aromatic nitrogens is 1. The Bertz CT molecular complexity index is 279. The van der Waals surface area contributed by atoms with Gasteiger partial charge in [0.05, 0.1) is 0 Å². The Morgan fingerprint density at radius 3 is 2.92 bits per heavy atom. The van der Waals surface area contributed by atoms with Crippen molar-refractivity contribution < 1.29 is 9.90 Å². The highest BCUT2D eigenvalue weighted by Crippen LogP contribution is 2.43. The quantitative estimate of drug-likeness (QED) is 0.776. The molecule has 1 aliphatic carbocycles. The highest BCUT2D eigenvalue weighted by atomic mass is 32.1. The van der Waals surface area contributed by atoms with Crippen LogP contribution in [0.3, 0.4) is 0 Å². The summed E-state index contributed by atoms with van der Waals surface area (Å²) in [6, 6.07) is 0. The second kappa shape index (κ2) is 2.86. The van der Waals surface area contributed by atoms with Crippen molar-refractivity contribution in [3.63, 3.8) is 0 Å². The van der Waals surface area contributed by atoms with E-state index in [0.717, 1.165) is 17.8 Å². The first-order valence-corrected chi connectivity index (χ1v) is 4.79. The van der Waals surface area contributed by atoms with Crippen molar-refractivity contribution >= 4 is 17.3 Å². The van der Waals surface area contributed by atoms with Crippen LogP contribution >= 0.6 is 11.3 Å². The second-order valence-corrected chi connectivity index (χ2v) is 3.95. The van der Waals surface area contributed by atoms with Crippen LogP contribution in [0.5, 0.6) is 0 Å². The Labute approximate surface area is 74.1 Å². The number of thiazole rings is 1. The number of carboxylic acid groups (broad SMARTS) is 1. The summed E-state index contributed by atoms with van der Waals surface area (Å²) in [5.41, 5.74) is 0. The summed E-state index contributed by atoms with van der Waals surface area (Å²) in [6.07, 6.45) is 3.74. The van der Waals surface area contributed by atoms with Gasteiger partial charge in [-0.05, 0) is 18.8 Å². The molecule has 1 aromatic rings. The normalized spacial score (nSPS) is 19.0. The molecule has 0 bridgehead atoms. The van der Waals surface area contributed by atoms with E-state index in [0.29, 0.717) is 5.92 Å². The molecule has 1 heterocycles. The van der Waals surface area contributed by atoms with Gasteiger partial charge in [0.1, 0.15) is 10.9 Å². The Balaban J connectivity index is 2.21. The second-order valence-electron chi connectivity index (χ2n) is 3.02. The van der Waals surface area contributed by atoms with Crippen LogP contribution in [0.1, 0.15) is 23.8 Å². The smallest absolute Gasteiger partial charge is 0.313 e. The zero-order valence-corrected chi connectivity index (χ0v) is 7.25. The molecule has 0 amide bonds. The van der Waals surface area contributed by atoms with E-state index in [1.807, 2.05) is 5.38 Å². The summed E-state index contributed by atoms with van der Waals surface area (Å²) < 4.78 is 0. The van der Waals surface area contributed by atoms with Gasteiger partial charge in [-0.1, -0.05) is 0 Å². The zero-order chi connectivity index (χ0) is 8.55. The van der Waals surface area contributed by atoms with Crippen LogP contribution < -0.4 is 0 Å². The van der Waals surface area contributed by atoms with Gasteiger partial charge in [-0.15, -0.1) is 11.3 Å². The summed E-state index contributed by atoms with van der Waals surface area (Å²) in [7, 11) is 0. The molecular formula is C8H9NO2S. The third-order valence-corrected chi connectivity index (χ3v) is 2.94. The van der Waals surface area contributed by atoms with Gasteiger partial charge >= 0.3 is 5.97 Å². The zero-order valence-electron chi connectivity index (χ0n) is 6.43. The van der Waals surface area contributed by atoms with E-state index in [1.165, 1.54) is 11.3 Å². The molecule has 1 saturated carbocycles. The van der Waals surface area contributed by atoms with Crippen LogP contribution in [0.4, 0.5) is 0 Å². The summed E-state index contributed by atoms with van der Waals surface area (Å²) in [6.45, 7) is 0. The molecule has 1 unspecified atom stereocenters. The monoisotopic (exact) mass is 183 g/mol. The molecule has 4 heteroatoms. The summed E-state index contributed by atoms with van der Waals surface area (Å²) >= 11 is 1.44. The predicted octanol–water partition coefficient (Wildman–Crippen LogP) is 1.72. The van der Waals surface area contributed by atoms with Gasteiger partial charge in [0.2, 0.25) is 0 Å². The number of carboxylic acids is 1. The van der Waals surface area contributed by atoms with E-state index in [-0.39, 0.29) is 5.92 Å². The lowest BCUT2D eigenvalue weighted by atomic mass is 10.1. The lowest BCUT2D eigenvalue weighted by molar-refractivity contribution is -0.139. The van der Waals surface area contributed by atoms with Crippen molar-refractivity contribution in [2.24, 2.45) is 5.92 Å².